The minimum atomic E-state index is -1.18. The monoisotopic (exact) mass is 597 g/mol. The van der Waals surface area contributed by atoms with E-state index in [9.17, 15) is 29.7 Å². The molecule has 0 aromatic rings. The number of rotatable bonds is 7. The molecule has 5 aliphatic rings. The van der Waals surface area contributed by atoms with Gasteiger partial charge in [-0.05, 0) is 86.5 Å². The normalized spacial score (nSPS) is 40.1. The summed E-state index contributed by atoms with van der Waals surface area (Å²) in [6.45, 7) is 7.66. The van der Waals surface area contributed by atoms with Gasteiger partial charge < -0.3 is 30.4 Å². The van der Waals surface area contributed by atoms with Crippen molar-refractivity contribution in [1.82, 2.24) is 10.2 Å². The van der Waals surface area contributed by atoms with Crippen LogP contribution >= 0.6 is 0 Å². The number of carbonyl (C=O) groups excluding carboxylic acids is 2. The maximum Gasteiger partial charge on any atom is 0.326 e. The predicted molar refractivity (Wildman–Crippen MR) is 159 cm³/mol. The summed E-state index contributed by atoms with van der Waals surface area (Å²) in [4.78, 5) is 44.0. The van der Waals surface area contributed by atoms with Crippen molar-refractivity contribution in [2.45, 2.75) is 109 Å². The molecule has 43 heavy (non-hydrogen) atoms. The molecule has 1 aliphatic heterocycles. The second-order valence-corrected chi connectivity index (χ2v) is 14.4. The van der Waals surface area contributed by atoms with Crippen LogP contribution in [0.4, 0.5) is 0 Å². The van der Waals surface area contributed by atoms with E-state index in [1.54, 1.807) is 13.8 Å². The molecule has 4 fully saturated rings. The number of aliphatic hydroxyl groups excluding tert-OH is 1. The van der Waals surface area contributed by atoms with E-state index in [1.165, 1.54) is 5.57 Å². The number of aliphatic hydroxyl groups is 2. The molecule has 9 atom stereocenters. The second kappa shape index (κ2) is 11.6. The van der Waals surface area contributed by atoms with Crippen LogP contribution in [0.1, 0.15) is 85.5 Å². The van der Waals surface area contributed by atoms with Gasteiger partial charge >= 0.3 is 5.97 Å². The van der Waals surface area contributed by atoms with E-state index in [2.05, 4.69) is 36.3 Å². The van der Waals surface area contributed by atoms with Crippen molar-refractivity contribution in [1.29, 1.82) is 0 Å². The number of hydrogen-bond donors (Lipinski definition) is 4. The first kappa shape index (κ1) is 31.5. The first-order valence-electron chi connectivity index (χ1n) is 15.8. The fraction of sp³-hybridized carbons (Fsp3) is 0.758. The zero-order valence-electron chi connectivity index (χ0n) is 25.8. The lowest BCUT2D eigenvalue weighted by Crippen LogP contribution is -2.54. The van der Waals surface area contributed by atoms with Crippen molar-refractivity contribution in [3.63, 3.8) is 0 Å². The Morgan fingerprint density at radius 3 is 2.56 bits per heavy atom. The topological polar surface area (TPSA) is 149 Å². The fourth-order valence-corrected chi connectivity index (χ4v) is 9.27. The Balaban J connectivity index is 1.19. The maximum atomic E-state index is 13.1. The summed E-state index contributed by atoms with van der Waals surface area (Å²) >= 11 is 0. The molecule has 4 aliphatic carbocycles. The average molecular weight is 598 g/mol. The molecule has 0 spiro atoms. The number of carboxylic acids is 1. The minimum absolute atomic E-state index is 0.0362. The molecule has 0 unspecified atom stereocenters. The third-order valence-corrected chi connectivity index (χ3v) is 11.8. The summed E-state index contributed by atoms with van der Waals surface area (Å²) in [6.07, 6.45) is 14.4. The number of carbonyl (C=O) groups is 3. The summed E-state index contributed by atoms with van der Waals surface area (Å²) < 4.78 is 0. The lowest BCUT2D eigenvalue weighted by Gasteiger charge is -2.58. The van der Waals surface area contributed by atoms with E-state index in [4.69, 9.17) is 11.3 Å². The number of nitrogens with one attached hydrogen (secondary N) is 1. The molecule has 3 saturated carbocycles. The Labute approximate surface area is 254 Å². The SMILES string of the molecule is C#C[C@@]1(O)CC[C@@H]2[C@@H]3CCC4=C/C(=N\OCC(=O)N[C@H](C(=O)N5C[C@H](O)C[C@@H]5C(=O)O)C(C)C)CC[C@]4(C)[C@H]3CC[C@@]21C. The van der Waals surface area contributed by atoms with Crippen LogP contribution in [-0.2, 0) is 19.2 Å². The fourth-order valence-electron chi connectivity index (χ4n) is 9.27. The van der Waals surface area contributed by atoms with Gasteiger partial charge in [-0.2, -0.15) is 0 Å². The molecule has 0 aromatic carbocycles. The van der Waals surface area contributed by atoms with Gasteiger partial charge in [0.25, 0.3) is 5.91 Å². The lowest BCUT2D eigenvalue weighted by molar-refractivity contribution is -0.150. The average Bonchev–Trinajstić information content (AvgIpc) is 3.48. The number of aliphatic carboxylic acids is 1. The van der Waals surface area contributed by atoms with Crippen LogP contribution in [0.3, 0.4) is 0 Å². The van der Waals surface area contributed by atoms with E-state index in [-0.39, 0.29) is 36.3 Å². The molecule has 10 nitrogen and oxygen atoms in total. The van der Waals surface area contributed by atoms with E-state index < -0.39 is 41.6 Å². The highest BCUT2D eigenvalue weighted by molar-refractivity contribution is 5.96. The van der Waals surface area contributed by atoms with Gasteiger partial charge in [-0.1, -0.05) is 44.3 Å². The summed E-state index contributed by atoms with van der Waals surface area (Å²) in [5, 5.41) is 37.6. The maximum absolute atomic E-state index is 13.1. The summed E-state index contributed by atoms with van der Waals surface area (Å²) in [5.41, 5.74) is 1.03. The van der Waals surface area contributed by atoms with Gasteiger partial charge in [0.1, 0.15) is 17.7 Å². The first-order chi connectivity index (χ1) is 20.2. The highest BCUT2D eigenvalue weighted by Crippen LogP contribution is 2.67. The number of β-amino-alcohol motifs (C(OH)–C–C–N with tert-alkyl or cyclic N) is 1. The van der Waals surface area contributed by atoms with Crippen LogP contribution < -0.4 is 5.32 Å². The van der Waals surface area contributed by atoms with E-state index in [0.717, 1.165) is 55.6 Å². The van der Waals surface area contributed by atoms with Crippen molar-refractivity contribution in [2.75, 3.05) is 13.2 Å². The van der Waals surface area contributed by atoms with Crippen LogP contribution in [0.15, 0.2) is 16.8 Å². The molecule has 1 heterocycles. The van der Waals surface area contributed by atoms with Gasteiger partial charge in [0.2, 0.25) is 5.91 Å². The molecular weight excluding hydrogens is 550 g/mol. The highest BCUT2D eigenvalue weighted by atomic mass is 16.6. The molecule has 5 rings (SSSR count). The molecule has 0 bridgehead atoms. The number of fused-ring (bicyclic) bond motifs is 5. The first-order valence-corrected chi connectivity index (χ1v) is 15.8. The zero-order valence-corrected chi connectivity index (χ0v) is 25.8. The van der Waals surface area contributed by atoms with Crippen LogP contribution in [0, 0.1) is 46.8 Å². The Morgan fingerprint density at radius 2 is 1.88 bits per heavy atom. The van der Waals surface area contributed by atoms with Crippen molar-refractivity contribution >= 4 is 23.5 Å². The molecule has 4 N–H and O–H groups in total. The van der Waals surface area contributed by atoms with E-state index >= 15 is 0 Å². The summed E-state index contributed by atoms with van der Waals surface area (Å²) in [6, 6.07) is -2.07. The predicted octanol–water partition coefficient (Wildman–Crippen LogP) is 2.87. The number of amides is 2. The smallest absolute Gasteiger partial charge is 0.326 e. The van der Waals surface area contributed by atoms with Crippen molar-refractivity contribution in [3.05, 3.63) is 11.6 Å². The largest absolute Gasteiger partial charge is 0.480 e. The van der Waals surface area contributed by atoms with Crippen molar-refractivity contribution in [2.24, 2.45) is 39.7 Å². The minimum Gasteiger partial charge on any atom is -0.480 e. The Morgan fingerprint density at radius 1 is 1.16 bits per heavy atom. The van der Waals surface area contributed by atoms with Gasteiger partial charge in [-0.3, -0.25) is 9.59 Å². The third-order valence-electron chi connectivity index (χ3n) is 11.8. The number of carboxylic acid groups (broad SMARTS) is 1. The van der Waals surface area contributed by atoms with Gasteiger partial charge in [0.15, 0.2) is 6.61 Å². The molecule has 0 radical (unpaired) electrons. The van der Waals surface area contributed by atoms with Gasteiger partial charge in [0, 0.05) is 18.4 Å². The van der Waals surface area contributed by atoms with Gasteiger partial charge in [0.05, 0.1) is 11.8 Å². The lowest BCUT2D eigenvalue weighted by atomic mass is 9.46. The van der Waals surface area contributed by atoms with Crippen molar-refractivity contribution in [3.8, 4) is 12.3 Å². The molecule has 2 amide bonds. The molecule has 0 aromatic heterocycles. The second-order valence-electron chi connectivity index (χ2n) is 14.4. The van der Waals surface area contributed by atoms with Crippen LogP contribution in [0.25, 0.3) is 0 Å². The van der Waals surface area contributed by atoms with Crippen LogP contribution in [-0.4, -0.2) is 80.7 Å². The van der Waals surface area contributed by atoms with Crippen molar-refractivity contribution < 1.29 is 34.5 Å². The molecule has 1 saturated heterocycles. The molecular formula is C33H47N3O7. The number of hydrogen-bond acceptors (Lipinski definition) is 7. The Kier molecular flexibility index (Phi) is 8.47. The van der Waals surface area contributed by atoms with Gasteiger partial charge in [-0.15, -0.1) is 6.42 Å². The molecule has 236 valence electrons. The van der Waals surface area contributed by atoms with Gasteiger partial charge in [-0.25, -0.2) is 4.79 Å². The number of nitrogens with zero attached hydrogens (tertiary/aromatic N) is 2. The quantitative estimate of drug-likeness (QED) is 0.261. The summed E-state index contributed by atoms with van der Waals surface area (Å²) in [7, 11) is 0. The number of oxime groups is 1. The number of allylic oxidation sites excluding steroid dienone is 2. The van der Waals surface area contributed by atoms with E-state index in [1.807, 2.05) is 0 Å². The Bertz CT molecular complexity index is 1260. The Hall–Kier alpha value is -2.90. The zero-order chi connectivity index (χ0) is 31.3. The highest BCUT2D eigenvalue weighted by Gasteiger charge is 2.63. The standard InChI is InChI=1S/C33H47N3O7/c1-6-33(42)14-11-25-23-8-7-20-15-21(9-12-31(20,4)24(23)10-13-32(25,33)5)35-43-18-27(38)34-28(19(2)3)29(39)36-17-22(37)16-26(36)30(40)41/h1,15,19,22-26,28,37,42H,7-14,16-18H2,2-5H3,(H,34,38)(H,40,41)/b35-21-/t22-,23-,24+,25-,26-,28+,31+,32+,33-/m1/s1. The summed E-state index contributed by atoms with van der Waals surface area (Å²) in [5.74, 6) is 1.75. The van der Waals surface area contributed by atoms with Crippen LogP contribution in [0.2, 0.25) is 0 Å². The molecule has 10 heteroatoms. The number of likely N-dealkylation sites (tertiary alicyclic amines) is 1. The third kappa shape index (κ3) is 5.37. The van der Waals surface area contributed by atoms with Crippen LogP contribution in [0.5, 0.6) is 0 Å². The van der Waals surface area contributed by atoms with E-state index in [0.29, 0.717) is 24.2 Å². The number of terminal acetylenes is 1.